The van der Waals surface area contributed by atoms with Crippen LogP contribution >= 0.6 is 0 Å². The number of benzene rings is 2. The summed E-state index contributed by atoms with van der Waals surface area (Å²) in [5.41, 5.74) is 4.00. The Morgan fingerprint density at radius 1 is 0.943 bits per heavy atom. The van der Waals surface area contributed by atoms with E-state index in [1.165, 1.54) is 16.7 Å². The van der Waals surface area contributed by atoms with Gasteiger partial charge in [0.15, 0.2) is 11.4 Å². The summed E-state index contributed by atoms with van der Waals surface area (Å²) in [6, 6.07) is 23.0. The van der Waals surface area contributed by atoms with Gasteiger partial charge < -0.3 is 9.64 Å². The van der Waals surface area contributed by atoms with Crippen LogP contribution < -0.4 is 9.64 Å². The van der Waals surface area contributed by atoms with Crippen molar-refractivity contribution in [3.63, 3.8) is 0 Å². The first kappa shape index (κ1) is 26.0. The topological polar surface area (TPSA) is 66.2 Å². The standard InChI is InChI=1S/C30H35N3O2/c1-5-24-8-10-27(11-9-24)22-33(29-17-14-26(21-32-29)7-6-19-31)20-18-25-12-15-28(16-13-25)35-30(3,4)23(2)34/h8-17,21H,5-7,18,20,22H2,1-4H3. The Kier molecular flexibility index (Phi) is 9.03. The molecular formula is C30H35N3O2. The lowest BCUT2D eigenvalue weighted by atomic mass is 10.1. The molecule has 0 aliphatic rings. The largest absolute Gasteiger partial charge is 0.480 e. The maximum atomic E-state index is 11.8. The van der Waals surface area contributed by atoms with Gasteiger partial charge in [-0.1, -0.05) is 49.4 Å². The van der Waals surface area contributed by atoms with E-state index in [0.29, 0.717) is 12.2 Å². The molecule has 0 bridgehead atoms. The highest BCUT2D eigenvalue weighted by Gasteiger charge is 2.25. The second kappa shape index (κ2) is 12.2. The lowest BCUT2D eigenvalue weighted by molar-refractivity contribution is -0.129. The number of nitriles is 1. The van der Waals surface area contributed by atoms with E-state index in [1.54, 1.807) is 20.8 Å². The van der Waals surface area contributed by atoms with E-state index < -0.39 is 5.60 Å². The Morgan fingerprint density at radius 2 is 1.57 bits per heavy atom. The molecule has 1 heterocycles. The van der Waals surface area contributed by atoms with E-state index in [9.17, 15) is 4.79 Å². The minimum Gasteiger partial charge on any atom is -0.480 e. The van der Waals surface area contributed by atoms with Crippen molar-refractivity contribution in [2.75, 3.05) is 11.4 Å². The lowest BCUT2D eigenvalue weighted by Crippen LogP contribution is -2.36. The third kappa shape index (κ3) is 7.68. The Bertz CT molecular complexity index is 1130. The quantitative estimate of drug-likeness (QED) is 0.321. The highest BCUT2D eigenvalue weighted by Crippen LogP contribution is 2.21. The summed E-state index contributed by atoms with van der Waals surface area (Å²) in [6.07, 6.45) is 4.97. The highest BCUT2D eigenvalue weighted by molar-refractivity contribution is 5.84. The molecule has 0 saturated heterocycles. The molecule has 0 N–H and O–H groups in total. The van der Waals surface area contributed by atoms with Gasteiger partial charge in [0.25, 0.3) is 0 Å². The molecule has 0 amide bonds. The molecule has 35 heavy (non-hydrogen) atoms. The van der Waals surface area contributed by atoms with Gasteiger partial charge in [0.2, 0.25) is 0 Å². The molecule has 2 aromatic carbocycles. The van der Waals surface area contributed by atoms with Gasteiger partial charge >= 0.3 is 0 Å². The third-order valence-electron chi connectivity index (χ3n) is 6.28. The maximum Gasteiger partial charge on any atom is 0.172 e. The van der Waals surface area contributed by atoms with Crippen molar-refractivity contribution >= 4 is 11.6 Å². The molecular weight excluding hydrogens is 434 g/mol. The van der Waals surface area contributed by atoms with Crippen molar-refractivity contribution < 1.29 is 9.53 Å². The first-order valence-electron chi connectivity index (χ1n) is 12.2. The summed E-state index contributed by atoms with van der Waals surface area (Å²) < 4.78 is 5.86. The number of aromatic nitrogens is 1. The zero-order valence-electron chi connectivity index (χ0n) is 21.3. The number of carbonyl (C=O) groups is 1. The zero-order chi connectivity index (χ0) is 25.3. The number of ketones is 1. The monoisotopic (exact) mass is 469 g/mol. The number of anilines is 1. The van der Waals surface area contributed by atoms with Crippen LogP contribution in [0.15, 0.2) is 66.9 Å². The molecule has 5 nitrogen and oxygen atoms in total. The summed E-state index contributed by atoms with van der Waals surface area (Å²) in [5.74, 6) is 1.61. The van der Waals surface area contributed by atoms with Crippen LogP contribution in [0.1, 0.15) is 56.4 Å². The van der Waals surface area contributed by atoms with Crippen molar-refractivity contribution in [1.82, 2.24) is 4.98 Å². The second-order valence-electron chi connectivity index (χ2n) is 9.34. The predicted octanol–water partition coefficient (Wildman–Crippen LogP) is 6.10. The van der Waals surface area contributed by atoms with Crippen LogP contribution in [0, 0.1) is 11.3 Å². The van der Waals surface area contributed by atoms with Gasteiger partial charge in [-0.05, 0) is 80.5 Å². The minimum absolute atomic E-state index is 0.00432. The molecule has 0 saturated carbocycles. The summed E-state index contributed by atoms with van der Waals surface area (Å²) in [5, 5.41) is 8.85. The average Bonchev–Trinajstić information content (AvgIpc) is 2.86. The van der Waals surface area contributed by atoms with Gasteiger partial charge in [0.05, 0.1) is 6.07 Å². The Labute approximate surface area is 209 Å². The number of hydrogen-bond acceptors (Lipinski definition) is 5. The van der Waals surface area contributed by atoms with E-state index in [-0.39, 0.29) is 5.78 Å². The van der Waals surface area contributed by atoms with Crippen molar-refractivity contribution in [1.29, 1.82) is 5.26 Å². The Hall–Kier alpha value is -3.65. The number of ether oxygens (including phenoxy) is 1. The molecule has 5 heteroatoms. The van der Waals surface area contributed by atoms with Crippen LogP contribution in [0.3, 0.4) is 0 Å². The highest BCUT2D eigenvalue weighted by atomic mass is 16.5. The molecule has 1 aromatic heterocycles. The van der Waals surface area contributed by atoms with Gasteiger partial charge in [0, 0.05) is 25.7 Å². The molecule has 0 unspecified atom stereocenters. The Morgan fingerprint density at radius 3 is 2.14 bits per heavy atom. The zero-order valence-corrected chi connectivity index (χ0v) is 21.3. The fraction of sp³-hybridized carbons (Fsp3) is 0.367. The lowest BCUT2D eigenvalue weighted by Gasteiger charge is -2.25. The van der Waals surface area contributed by atoms with E-state index in [0.717, 1.165) is 43.7 Å². The maximum absolute atomic E-state index is 11.8. The summed E-state index contributed by atoms with van der Waals surface area (Å²) >= 11 is 0. The van der Waals surface area contributed by atoms with E-state index in [1.807, 2.05) is 24.4 Å². The fourth-order valence-electron chi connectivity index (χ4n) is 3.68. The molecule has 0 aliphatic carbocycles. The van der Waals surface area contributed by atoms with Gasteiger partial charge in [-0.25, -0.2) is 4.98 Å². The van der Waals surface area contributed by atoms with Gasteiger partial charge in [-0.3, -0.25) is 4.79 Å². The number of aryl methyl sites for hydroxylation is 2. The predicted molar refractivity (Wildman–Crippen MR) is 141 cm³/mol. The summed E-state index contributed by atoms with van der Waals surface area (Å²) in [7, 11) is 0. The molecule has 0 atom stereocenters. The van der Waals surface area contributed by atoms with Crippen LogP contribution in [0.5, 0.6) is 5.75 Å². The van der Waals surface area contributed by atoms with Crippen molar-refractivity contribution in [3.8, 4) is 11.8 Å². The van der Waals surface area contributed by atoms with Gasteiger partial charge in [-0.15, -0.1) is 0 Å². The SMILES string of the molecule is CCc1ccc(CN(CCc2ccc(OC(C)(C)C(C)=O)cc2)c2ccc(CCC#N)cn2)cc1. The number of hydrogen-bond donors (Lipinski definition) is 0. The fourth-order valence-corrected chi connectivity index (χ4v) is 3.68. The second-order valence-corrected chi connectivity index (χ2v) is 9.34. The summed E-state index contributed by atoms with van der Waals surface area (Å²) in [6.45, 7) is 8.85. The number of Topliss-reactive ketones (excluding diaryl/α,β-unsaturated/α-hetero) is 1. The molecule has 0 radical (unpaired) electrons. The van der Waals surface area contributed by atoms with Crippen LogP contribution in [0.4, 0.5) is 5.82 Å². The molecule has 182 valence electrons. The van der Waals surface area contributed by atoms with Crippen LogP contribution in [-0.4, -0.2) is 22.9 Å². The number of pyridine rings is 1. The Balaban J connectivity index is 1.72. The van der Waals surface area contributed by atoms with E-state index in [4.69, 9.17) is 15.0 Å². The van der Waals surface area contributed by atoms with E-state index in [2.05, 4.69) is 60.4 Å². The molecule has 3 aromatic rings. The van der Waals surface area contributed by atoms with Crippen molar-refractivity contribution in [2.24, 2.45) is 0 Å². The van der Waals surface area contributed by atoms with Crippen molar-refractivity contribution in [3.05, 3.63) is 89.1 Å². The minimum atomic E-state index is -0.837. The first-order chi connectivity index (χ1) is 16.8. The normalized spacial score (nSPS) is 11.1. The molecule has 3 rings (SSSR count). The number of nitrogens with zero attached hydrogens (tertiary/aromatic N) is 3. The van der Waals surface area contributed by atoms with E-state index >= 15 is 0 Å². The molecule has 0 aliphatic heterocycles. The first-order valence-corrected chi connectivity index (χ1v) is 12.2. The molecule has 0 fully saturated rings. The van der Waals surface area contributed by atoms with Crippen molar-refractivity contribution in [2.45, 2.75) is 65.5 Å². The summed E-state index contributed by atoms with van der Waals surface area (Å²) in [4.78, 5) is 18.8. The van der Waals surface area contributed by atoms with Gasteiger partial charge in [-0.2, -0.15) is 5.26 Å². The van der Waals surface area contributed by atoms with Crippen LogP contribution in [0.2, 0.25) is 0 Å². The van der Waals surface area contributed by atoms with Gasteiger partial charge in [0.1, 0.15) is 11.6 Å². The number of carbonyl (C=O) groups excluding carboxylic acids is 1. The smallest absolute Gasteiger partial charge is 0.172 e. The van der Waals surface area contributed by atoms with Crippen LogP contribution in [0.25, 0.3) is 0 Å². The third-order valence-corrected chi connectivity index (χ3v) is 6.28. The van der Waals surface area contributed by atoms with Crippen LogP contribution in [-0.2, 0) is 30.6 Å². The number of rotatable bonds is 12. The molecule has 0 spiro atoms. The average molecular weight is 470 g/mol.